The maximum absolute atomic E-state index is 5.75. The van der Waals surface area contributed by atoms with E-state index < -0.39 is 0 Å². The minimum Gasteiger partial charge on any atom is -0.494 e. The molecule has 0 aliphatic heterocycles. The lowest BCUT2D eigenvalue weighted by Crippen LogP contribution is -2.23. The summed E-state index contributed by atoms with van der Waals surface area (Å²) in [6.07, 6.45) is 0.999. The van der Waals surface area contributed by atoms with Crippen molar-refractivity contribution in [2.45, 2.75) is 19.4 Å². The van der Waals surface area contributed by atoms with Crippen LogP contribution >= 0.6 is 11.6 Å². The van der Waals surface area contributed by atoms with E-state index in [1.807, 2.05) is 31.3 Å². The van der Waals surface area contributed by atoms with Gasteiger partial charge in [0.1, 0.15) is 5.75 Å². The molecule has 0 amide bonds. The fourth-order valence-electron chi connectivity index (χ4n) is 1.03. The first-order valence-electron chi connectivity index (χ1n) is 4.78. The monoisotopic (exact) mass is 213 g/mol. The van der Waals surface area contributed by atoms with E-state index in [1.165, 1.54) is 0 Å². The minimum absolute atomic E-state index is 0.488. The molecule has 1 aromatic carbocycles. The van der Waals surface area contributed by atoms with Gasteiger partial charge in [0, 0.05) is 11.1 Å². The van der Waals surface area contributed by atoms with Crippen LogP contribution in [0.1, 0.15) is 13.3 Å². The van der Waals surface area contributed by atoms with Crippen LogP contribution in [0.3, 0.4) is 0 Å². The van der Waals surface area contributed by atoms with Gasteiger partial charge < -0.3 is 10.1 Å². The van der Waals surface area contributed by atoms with Crippen LogP contribution in [0, 0.1) is 0 Å². The van der Waals surface area contributed by atoms with E-state index in [-0.39, 0.29) is 0 Å². The quantitative estimate of drug-likeness (QED) is 0.812. The number of halogens is 1. The molecule has 1 N–H and O–H groups in total. The summed E-state index contributed by atoms with van der Waals surface area (Å²) < 4.78 is 5.53. The summed E-state index contributed by atoms with van der Waals surface area (Å²) in [6.45, 7) is 2.86. The van der Waals surface area contributed by atoms with Crippen LogP contribution < -0.4 is 10.1 Å². The predicted molar refractivity (Wildman–Crippen MR) is 60.1 cm³/mol. The first-order chi connectivity index (χ1) is 6.72. The van der Waals surface area contributed by atoms with Gasteiger partial charge in [-0.15, -0.1) is 0 Å². The second-order valence-electron chi connectivity index (χ2n) is 3.28. The molecular formula is C11H16ClNO. The molecule has 1 atom stereocenters. The van der Waals surface area contributed by atoms with Crippen molar-refractivity contribution in [1.29, 1.82) is 0 Å². The van der Waals surface area contributed by atoms with Crippen molar-refractivity contribution in [3.8, 4) is 5.75 Å². The highest BCUT2D eigenvalue weighted by molar-refractivity contribution is 6.30. The average molecular weight is 214 g/mol. The summed E-state index contributed by atoms with van der Waals surface area (Å²) in [5.41, 5.74) is 0. The molecule has 78 valence electrons. The van der Waals surface area contributed by atoms with Crippen LogP contribution in [0.4, 0.5) is 0 Å². The molecule has 0 fully saturated rings. The Balaban J connectivity index is 2.28. The van der Waals surface area contributed by atoms with Gasteiger partial charge in [0.05, 0.1) is 6.61 Å². The van der Waals surface area contributed by atoms with E-state index in [2.05, 4.69) is 12.2 Å². The van der Waals surface area contributed by atoms with Gasteiger partial charge in [-0.25, -0.2) is 0 Å². The molecule has 2 nitrogen and oxygen atoms in total. The highest BCUT2D eigenvalue weighted by Crippen LogP contribution is 2.15. The number of ether oxygens (including phenoxy) is 1. The fourth-order valence-corrected chi connectivity index (χ4v) is 1.15. The highest BCUT2D eigenvalue weighted by atomic mass is 35.5. The lowest BCUT2D eigenvalue weighted by molar-refractivity contribution is 0.293. The number of hydrogen-bond donors (Lipinski definition) is 1. The zero-order valence-corrected chi connectivity index (χ0v) is 9.34. The second-order valence-corrected chi connectivity index (χ2v) is 3.72. The van der Waals surface area contributed by atoms with Crippen molar-refractivity contribution in [2.75, 3.05) is 13.7 Å². The normalized spacial score (nSPS) is 12.5. The average Bonchev–Trinajstić information content (AvgIpc) is 2.21. The van der Waals surface area contributed by atoms with E-state index in [0.717, 1.165) is 23.8 Å². The van der Waals surface area contributed by atoms with E-state index in [4.69, 9.17) is 16.3 Å². The zero-order chi connectivity index (χ0) is 10.4. The first-order valence-corrected chi connectivity index (χ1v) is 5.16. The van der Waals surface area contributed by atoms with Crippen molar-refractivity contribution < 1.29 is 4.74 Å². The molecule has 1 rings (SSSR count). The predicted octanol–water partition coefficient (Wildman–Crippen LogP) is 2.72. The number of benzene rings is 1. The fraction of sp³-hybridized carbons (Fsp3) is 0.455. The summed E-state index contributed by atoms with van der Waals surface area (Å²) >= 11 is 5.75. The maximum Gasteiger partial charge on any atom is 0.119 e. The molecule has 14 heavy (non-hydrogen) atoms. The van der Waals surface area contributed by atoms with Gasteiger partial charge in [-0.05, 0) is 44.7 Å². The van der Waals surface area contributed by atoms with Gasteiger partial charge in [0.25, 0.3) is 0 Å². The van der Waals surface area contributed by atoms with Gasteiger partial charge in [0.15, 0.2) is 0 Å². The lowest BCUT2D eigenvalue weighted by Gasteiger charge is -2.10. The van der Waals surface area contributed by atoms with Crippen molar-refractivity contribution in [3.05, 3.63) is 29.3 Å². The van der Waals surface area contributed by atoms with Gasteiger partial charge in [0.2, 0.25) is 0 Å². The summed E-state index contributed by atoms with van der Waals surface area (Å²) in [6, 6.07) is 7.91. The molecule has 0 saturated carbocycles. The van der Waals surface area contributed by atoms with E-state index in [9.17, 15) is 0 Å². The van der Waals surface area contributed by atoms with Crippen molar-refractivity contribution >= 4 is 11.6 Å². The molecule has 0 radical (unpaired) electrons. The third kappa shape index (κ3) is 3.99. The molecule has 0 bridgehead atoms. The molecular weight excluding hydrogens is 198 g/mol. The molecule has 3 heteroatoms. The number of rotatable bonds is 5. The molecule has 0 aliphatic carbocycles. The minimum atomic E-state index is 0.488. The molecule has 0 spiro atoms. The molecule has 0 saturated heterocycles. The Bertz CT molecular complexity index is 260. The van der Waals surface area contributed by atoms with Crippen LogP contribution in [0.5, 0.6) is 5.75 Å². The van der Waals surface area contributed by atoms with E-state index in [1.54, 1.807) is 0 Å². The SMILES string of the molecule is CNC(C)CCOc1ccc(Cl)cc1. The lowest BCUT2D eigenvalue weighted by atomic mass is 10.2. The van der Waals surface area contributed by atoms with Gasteiger partial charge >= 0.3 is 0 Å². The Morgan fingerprint density at radius 1 is 1.36 bits per heavy atom. The Morgan fingerprint density at radius 3 is 2.57 bits per heavy atom. The summed E-state index contributed by atoms with van der Waals surface area (Å²) in [4.78, 5) is 0. The summed E-state index contributed by atoms with van der Waals surface area (Å²) in [5.74, 6) is 0.873. The van der Waals surface area contributed by atoms with Crippen LogP contribution in [0.25, 0.3) is 0 Å². The Kier molecular flexibility index (Phi) is 4.77. The van der Waals surface area contributed by atoms with Crippen LogP contribution in [-0.4, -0.2) is 19.7 Å². The molecule has 1 unspecified atom stereocenters. The largest absolute Gasteiger partial charge is 0.494 e. The van der Waals surface area contributed by atoms with E-state index >= 15 is 0 Å². The third-order valence-electron chi connectivity index (χ3n) is 2.13. The molecule has 0 aliphatic rings. The van der Waals surface area contributed by atoms with Gasteiger partial charge in [-0.1, -0.05) is 11.6 Å². The third-order valence-corrected chi connectivity index (χ3v) is 2.38. The number of hydrogen-bond acceptors (Lipinski definition) is 2. The summed E-state index contributed by atoms with van der Waals surface area (Å²) in [7, 11) is 1.95. The van der Waals surface area contributed by atoms with Crippen molar-refractivity contribution in [3.63, 3.8) is 0 Å². The molecule has 0 heterocycles. The Hall–Kier alpha value is -0.730. The van der Waals surface area contributed by atoms with Crippen LogP contribution in [0.2, 0.25) is 5.02 Å². The topological polar surface area (TPSA) is 21.3 Å². The maximum atomic E-state index is 5.75. The standard InChI is InChI=1S/C11H16ClNO/c1-9(13-2)7-8-14-11-5-3-10(12)4-6-11/h3-6,9,13H,7-8H2,1-2H3. The highest BCUT2D eigenvalue weighted by Gasteiger charge is 1.98. The second kappa shape index (κ2) is 5.89. The van der Waals surface area contributed by atoms with Crippen LogP contribution in [-0.2, 0) is 0 Å². The number of nitrogens with one attached hydrogen (secondary N) is 1. The van der Waals surface area contributed by atoms with Crippen molar-refractivity contribution in [2.24, 2.45) is 0 Å². The first kappa shape index (κ1) is 11.3. The Morgan fingerprint density at radius 2 is 2.00 bits per heavy atom. The van der Waals surface area contributed by atoms with Gasteiger partial charge in [-0.2, -0.15) is 0 Å². The Labute approximate surface area is 90.2 Å². The van der Waals surface area contributed by atoms with Crippen molar-refractivity contribution in [1.82, 2.24) is 5.32 Å². The zero-order valence-electron chi connectivity index (χ0n) is 8.59. The van der Waals surface area contributed by atoms with Crippen LogP contribution in [0.15, 0.2) is 24.3 Å². The van der Waals surface area contributed by atoms with Gasteiger partial charge in [-0.3, -0.25) is 0 Å². The van der Waals surface area contributed by atoms with E-state index in [0.29, 0.717) is 6.04 Å². The smallest absolute Gasteiger partial charge is 0.119 e. The molecule has 1 aromatic rings. The summed E-state index contributed by atoms with van der Waals surface area (Å²) in [5, 5.41) is 3.90. The molecule has 0 aromatic heterocycles.